The molecule has 4 nitrogen and oxygen atoms in total. The summed E-state index contributed by atoms with van der Waals surface area (Å²) in [6.45, 7) is 7.57. The molecule has 0 atom stereocenters. The van der Waals surface area contributed by atoms with E-state index in [4.69, 9.17) is 0 Å². The van der Waals surface area contributed by atoms with Gasteiger partial charge in [-0.3, -0.25) is 14.5 Å². The summed E-state index contributed by atoms with van der Waals surface area (Å²) in [5.41, 5.74) is 1.08. The molecular weight excluding hydrogens is 264 g/mol. The van der Waals surface area contributed by atoms with Gasteiger partial charge in [0.05, 0.1) is 37.3 Å². The first-order valence-corrected chi connectivity index (χ1v) is 6.47. The maximum atomic E-state index is 12.1. The van der Waals surface area contributed by atoms with E-state index in [0.717, 1.165) is 19.6 Å². The van der Waals surface area contributed by atoms with E-state index in [1.54, 1.807) is 24.3 Å². The lowest BCUT2D eigenvalue weighted by Gasteiger charge is -2.19. The van der Waals surface area contributed by atoms with Crippen LogP contribution in [0.2, 0.25) is 0 Å². The number of benzene rings is 1. The third-order valence-corrected chi connectivity index (χ3v) is 3.57. The molecule has 0 saturated carbocycles. The summed E-state index contributed by atoms with van der Waals surface area (Å²) >= 11 is 0. The minimum Gasteiger partial charge on any atom is -1.00 e. The second-order valence-corrected chi connectivity index (χ2v) is 4.51. The number of hydrogen-bond donors (Lipinski definition) is 1. The summed E-state index contributed by atoms with van der Waals surface area (Å²) < 4.78 is 0. The van der Waals surface area contributed by atoms with Crippen molar-refractivity contribution in [3.63, 3.8) is 0 Å². The summed E-state index contributed by atoms with van der Waals surface area (Å²) in [5.74, 6) is -0.302. The molecule has 19 heavy (non-hydrogen) atoms. The highest BCUT2D eigenvalue weighted by Crippen LogP contribution is 2.21. The Morgan fingerprint density at radius 2 is 1.47 bits per heavy atom. The molecule has 1 aromatic carbocycles. The van der Waals surface area contributed by atoms with Crippen LogP contribution in [0.3, 0.4) is 0 Å². The lowest BCUT2D eigenvalue weighted by molar-refractivity contribution is -0.895. The number of fused-ring (bicyclic) bond motifs is 1. The number of carbonyl (C=O) groups excluding carboxylic acids is 2. The third kappa shape index (κ3) is 2.96. The number of carbonyl (C=O) groups is 2. The van der Waals surface area contributed by atoms with Crippen LogP contribution in [0.15, 0.2) is 24.3 Å². The predicted octanol–water partition coefficient (Wildman–Crippen LogP) is -2.79. The summed E-state index contributed by atoms with van der Waals surface area (Å²) in [6.07, 6.45) is 0. The molecule has 1 aliphatic heterocycles. The number of nitrogens with one attached hydrogen (secondary N) is 1. The highest BCUT2D eigenvalue weighted by Gasteiger charge is 2.35. The first-order valence-electron chi connectivity index (χ1n) is 6.47. The maximum absolute atomic E-state index is 12.1. The van der Waals surface area contributed by atoms with Gasteiger partial charge in [-0.25, -0.2) is 0 Å². The summed E-state index contributed by atoms with van der Waals surface area (Å²) in [6, 6.07) is 7.03. The van der Waals surface area contributed by atoms with Crippen LogP contribution in [0.5, 0.6) is 0 Å². The van der Waals surface area contributed by atoms with Crippen molar-refractivity contribution < 1.29 is 26.9 Å². The standard InChI is InChI=1S/C14H18N2O2.ClH/c1-3-15(4-2)9-10-16-13(17)11-7-5-6-8-12(11)14(16)18;/h5-8H,3-4,9-10H2,1-2H3;1H. The molecule has 0 saturated heterocycles. The van der Waals surface area contributed by atoms with Gasteiger partial charge in [-0.1, -0.05) is 12.1 Å². The van der Waals surface area contributed by atoms with Crippen LogP contribution in [-0.4, -0.2) is 42.9 Å². The van der Waals surface area contributed by atoms with Gasteiger partial charge in [-0.15, -0.1) is 0 Å². The second-order valence-electron chi connectivity index (χ2n) is 4.51. The smallest absolute Gasteiger partial charge is 0.261 e. The highest BCUT2D eigenvalue weighted by molar-refractivity contribution is 6.21. The van der Waals surface area contributed by atoms with Crippen molar-refractivity contribution >= 4 is 11.8 Å². The molecule has 2 rings (SSSR count). The number of hydrogen-bond acceptors (Lipinski definition) is 2. The van der Waals surface area contributed by atoms with Crippen LogP contribution in [-0.2, 0) is 0 Å². The Kier molecular flexibility index (Phi) is 5.51. The van der Waals surface area contributed by atoms with Gasteiger partial charge in [-0.2, -0.15) is 0 Å². The van der Waals surface area contributed by atoms with Crippen molar-refractivity contribution in [3.8, 4) is 0 Å². The molecule has 1 aliphatic rings. The Labute approximate surface area is 119 Å². The van der Waals surface area contributed by atoms with E-state index in [2.05, 4.69) is 13.8 Å². The van der Waals surface area contributed by atoms with E-state index in [0.29, 0.717) is 17.7 Å². The molecule has 0 fully saturated rings. The van der Waals surface area contributed by atoms with Crippen LogP contribution < -0.4 is 17.3 Å². The molecule has 0 aromatic heterocycles. The van der Waals surface area contributed by atoms with Crippen LogP contribution in [0.25, 0.3) is 0 Å². The number of halogens is 1. The van der Waals surface area contributed by atoms with E-state index in [1.165, 1.54) is 9.80 Å². The number of imide groups is 1. The van der Waals surface area contributed by atoms with Gasteiger partial charge in [-0.05, 0) is 26.0 Å². The molecule has 1 N–H and O–H groups in total. The molecule has 1 heterocycles. The summed E-state index contributed by atoms with van der Waals surface area (Å²) in [4.78, 5) is 27.0. The molecule has 0 bridgehead atoms. The van der Waals surface area contributed by atoms with E-state index in [1.807, 2.05) is 0 Å². The monoisotopic (exact) mass is 282 g/mol. The minimum absolute atomic E-state index is 0. The lowest BCUT2D eigenvalue weighted by Crippen LogP contribution is -3.12. The van der Waals surface area contributed by atoms with E-state index >= 15 is 0 Å². The fraction of sp³-hybridized carbons (Fsp3) is 0.429. The maximum Gasteiger partial charge on any atom is 0.261 e. The van der Waals surface area contributed by atoms with E-state index in [9.17, 15) is 9.59 Å². The Bertz CT molecular complexity index is 437. The van der Waals surface area contributed by atoms with Gasteiger partial charge >= 0.3 is 0 Å². The fourth-order valence-electron chi connectivity index (χ4n) is 2.32. The number of quaternary nitrogens is 1. The molecule has 5 heteroatoms. The van der Waals surface area contributed by atoms with Crippen LogP contribution in [0.1, 0.15) is 34.6 Å². The van der Waals surface area contributed by atoms with Gasteiger partial charge in [0.15, 0.2) is 0 Å². The Morgan fingerprint density at radius 1 is 1.00 bits per heavy atom. The van der Waals surface area contributed by atoms with E-state index < -0.39 is 0 Å². The molecule has 0 unspecified atom stereocenters. The summed E-state index contributed by atoms with van der Waals surface area (Å²) in [5, 5.41) is 0. The number of rotatable bonds is 5. The molecule has 2 amide bonds. The summed E-state index contributed by atoms with van der Waals surface area (Å²) in [7, 11) is 0. The number of likely N-dealkylation sites (N-methyl/N-ethyl adjacent to an activating group) is 1. The molecule has 0 aliphatic carbocycles. The van der Waals surface area contributed by atoms with Gasteiger partial charge in [0.2, 0.25) is 0 Å². The van der Waals surface area contributed by atoms with Crippen molar-refractivity contribution in [1.29, 1.82) is 0 Å². The molecule has 0 radical (unpaired) electrons. The second kappa shape index (κ2) is 6.68. The topological polar surface area (TPSA) is 41.8 Å². The Hall–Kier alpha value is -1.39. The Morgan fingerprint density at radius 3 is 1.89 bits per heavy atom. The molecule has 1 aromatic rings. The molecule has 104 valence electrons. The van der Waals surface area contributed by atoms with Gasteiger partial charge in [0, 0.05) is 0 Å². The van der Waals surface area contributed by atoms with Crippen LogP contribution >= 0.6 is 0 Å². The highest BCUT2D eigenvalue weighted by atomic mass is 35.5. The first kappa shape index (κ1) is 15.7. The van der Waals surface area contributed by atoms with Crippen molar-refractivity contribution in [3.05, 3.63) is 35.4 Å². The van der Waals surface area contributed by atoms with Crippen molar-refractivity contribution in [1.82, 2.24) is 4.90 Å². The zero-order chi connectivity index (χ0) is 13.1. The third-order valence-electron chi connectivity index (χ3n) is 3.57. The number of amides is 2. The quantitative estimate of drug-likeness (QED) is 0.594. The average molecular weight is 283 g/mol. The normalized spacial score (nSPS) is 13.7. The van der Waals surface area contributed by atoms with Crippen LogP contribution in [0.4, 0.5) is 0 Å². The van der Waals surface area contributed by atoms with Crippen molar-refractivity contribution in [2.24, 2.45) is 0 Å². The predicted molar refractivity (Wildman–Crippen MR) is 68.7 cm³/mol. The van der Waals surface area contributed by atoms with Gasteiger partial charge in [0.25, 0.3) is 11.8 Å². The van der Waals surface area contributed by atoms with Crippen molar-refractivity contribution in [2.75, 3.05) is 26.2 Å². The van der Waals surface area contributed by atoms with Gasteiger partial charge in [0.1, 0.15) is 0 Å². The zero-order valence-corrected chi connectivity index (χ0v) is 12.0. The Balaban J connectivity index is 0.00000180. The largest absolute Gasteiger partial charge is 1.00 e. The lowest BCUT2D eigenvalue weighted by atomic mass is 10.1. The van der Waals surface area contributed by atoms with E-state index in [-0.39, 0.29) is 24.2 Å². The van der Waals surface area contributed by atoms with Gasteiger partial charge < -0.3 is 17.3 Å². The SMILES string of the molecule is CC[NH+](CC)CCN1C(=O)c2ccccc2C1=O.[Cl-]. The fourth-order valence-corrected chi connectivity index (χ4v) is 2.32. The van der Waals surface area contributed by atoms with Crippen LogP contribution in [0, 0.1) is 0 Å². The molecular formula is C14H19ClN2O2. The first-order chi connectivity index (χ1) is 8.69. The minimum atomic E-state index is -0.151. The average Bonchev–Trinajstić information content (AvgIpc) is 2.65. The molecule has 0 spiro atoms. The zero-order valence-electron chi connectivity index (χ0n) is 11.3. The number of nitrogens with zero attached hydrogens (tertiary/aromatic N) is 1. The van der Waals surface area contributed by atoms with Crippen molar-refractivity contribution in [2.45, 2.75) is 13.8 Å².